The minimum atomic E-state index is -0.295. The highest BCUT2D eigenvalue weighted by molar-refractivity contribution is 7.14. The SMILES string of the molecule is O=C(Nc1nc(-c2ccc3c(c2)OCCO3)cs1)c1cn[nH]c1-c1ccc(Cl)cc1. The maximum atomic E-state index is 12.8. The molecule has 0 spiro atoms. The maximum Gasteiger partial charge on any atom is 0.261 e. The number of aromatic amines is 1. The molecule has 30 heavy (non-hydrogen) atoms. The Labute approximate surface area is 180 Å². The molecule has 7 nitrogen and oxygen atoms in total. The largest absolute Gasteiger partial charge is 0.486 e. The molecule has 0 fully saturated rings. The molecule has 0 saturated heterocycles. The summed E-state index contributed by atoms with van der Waals surface area (Å²) in [5.74, 6) is 1.13. The fourth-order valence-electron chi connectivity index (χ4n) is 3.13. The molecule has 0 atom stereocenters. The lowest BCUT2D eigenvalue weighted by Crippen LogP contribution is -2.15. The number of nitrogens with one attached hydrogen (secondary N) is 2. The van der Waals surface area contributed by atoms with Gasteiger partial charge in [-0.15, -0.1) is 11.3 Å². The Hall–Kier alpha value is -3.36. The Morgan fingerprint density at radius 1 is 1.07 bits per heavy atom. The number of halogens is 1. The average Bonchev–Trinajstić information content (AvgIpc) is 3.44. The van der Waals surface area contributed by atoms with Crippen molar-refractivity contribution in [3.8, 4) is 34.0 Å². The van der Waals surface area contributed by atoms with Gasteiger partial charge in [-0.3, -0.25) is 15.2 Å². The third-order valence-electron chi connectivity index (χ3n) is 4.58. The van der Waals surface area contributed by atoms with Crippen molar-refractivity contribution in [1.29, 1.82) is 0 Å². The first-order chi connectivity index (χ1) is 14.7. The summed E-state index contributed by atoms with van der Waals surface area (Å²) < 4.78 is 11.2. The van der Waals surface area contributed by atoms with Gasteiger partial charge in [0, 0.05) is 21.5 Å². The van der Waals surface area contributed by atoms with Gasteiger partial charge in [0.1, 0.15) is 13.2 Å². The molecular weight excluding hydrogens is 424 g/mol. The van der Waals surface area contributed by atoms with E-state index < -0.39 is 0 Å². The lowest BCUT2D eigenvalue weighted by Gasteiger charge is -2.18. The predicted molar refractivity (Wildman–Crippen MR) is 116 cm³/mol. The van der Waals surface area contributed by atoms with Gasteiger partial charge in [-0.25, -0.2) is 4.98 Å². The van der Waals surface area contributed by atoms with Gasteiger partial charge in [0.25, 0.3) is 5.91 Å². The molecule has 0 saturated carbocycles. The van der Waals surface area contributed by atoms with Crippen molar-refractivity contribution in [1.82, 2.24) is 15.2 Å². The second-order valence-corrected chi connectivity index (χ2v) is 7.81. The first-order valence-corrected chi connectivity index (χ1v) is 10.4. The van der Waals surface area contributed by atoms with E-state index in [9.17, 15) is 4.79 Å². The van der Waals surface area contributed by atoms with E-state index in [0.29, 0.717) is 40.4 Å². The molecule has 1 aliphatic rings. The molecule has 0 aliphatic carbocycles. The van der Waals surface area contributed by atoms with Gasteiger partial charge in [0.2, 0.25) is 0 Å². The molecule has 2 aromatic heterocycles. The summed E-state index contributed by atoms with van der Waals surface area (Å²) in [4.78, 5) is 17.3. The molecule has 2 aromatic carbocycles. The van der Waals surface area contributed by atoms with E-state index in [4.69, 9.17) is 21.1 Å². The van der Waals surface area contributed by atoms with Crippen molar-refractivity contribution in [3.05, 3.63) is 64.6 Å². The summed E-state index contributed by atoms with van der Waals surface area (Å²) in [7, 11) is 0. The zero-order valence-corrected chi connectivity index (χ0v) is 17.1. The highest BCUT2D eigenvalue weighted by atomic mass is 35.5. The lowest BCUT2D eigenvalue weighted by atomic mass is 10.1. The Kier molecular flexibility index (Phi) is 4.86. The van der Waals surface area contributed by atoms with Gasteiger partial charge in [-0.2, -0.15) is 5.10 Å². The number of carbonyl (C=O) groups excluding carboxylic acids is 1. The lowest BCUT2D eigenvalue weighted by molar-refractivity contribution is 0.102. The number of hydrogen-bond donors (Lipinski definition) is 2. The first-order valence-electron chi connectivity index (χ1n) is 9.13. The molecule has 0 radical (unpaired) electrons. The van der Waals surface area contributed by atoms with Crippen LogP contribution in [0.15, 0.2) is 54.0 Å². The summed E-state index contributed by atoms with van der Waals surface area (Å²) in [6, 6.07) is 12.9. The highest BCUT2D eigenvalue weighted by Crippen LogP contribution is 2.35. The number of rotatable bonds is 4. The van der Waals surface area contributed by atoms with Crippen molar-refractivity contribution in [3.63, 3.8) is 0 Å². The van der Waals surface area contributed by atoms with Crippen LogP contribution in [0.25, 0.3) is 22.5 Å². The number of ether oxygens (including phenoxy) is 2. The van der Waals surface area contributed by atoms with Crippen LogP contribution in [0.5, 0.6) is 11.5 Å². The van der Waals surface area contributed by atoms with Crippen LogP contribution in [0.1, 0.15) is 10.4 Å². The molecule has 0 unspecified atom stereocenters. The van der Waals surface area contributed by atoms with Crippen LogP contribution in [-0.4, -0.2) is 34.3 Å². The monoisotopic (exact) mass is 438 g/mol. The van der Waals surface area contributed by atoms with Gasteiger partial charge >= 0.3 is 0 Å². The molecule has 2 N–H and O–H groups in total. The standard InChI is InChI=1S/C21H15ClN4O3S/c22-14-4-1-12(2-5-14)19-15(10-23-26-19)20(27)25-21-24-16(11-30-21)13-3-6-17-18(9-13)29-8-7-28-17/h1-6,9-11H,7-8H2,(H,23,26)(H,24,25,27). The molecule has 5 rings (SSSR count). The smallest absolute Gasteiger partial charge is 0.261 e. The number of carbonyl (C=O) groups is 1. The van der Waals surface area contributed by atoms with Crippen molar-refractivity contribution < 1.29 is 14.3 Å². The summed E-state index contributed by atoms with van der Waals surface area (Å²) in [6.07, 6.45) is 1.49. The van der Waals surface area contributed by atoms with Crippen LogP contribution < -0.4 is 14.8 Å². The maximum absolute atomic E-state index is 12.8. The summed E-state index contributed by atoms with van der Waals surface area (Å²) >= 11 is 7.30. The van der Waals surface area contributed by atoms with Crippen molar-refractivity contribution in [2.24, 2.45) is 0 Å². The number of aromatic nitrogens is 3. The topological polar surface area (TPSA) is 89.1 Å². The van der Waals surface area contributed by atoms with E-state index in [1.54, 1.807) is 12.1 Å². The number of thiazole rings is 1. The van der Waals surface area contributed by atoms with Crippen LogP contribution in [0.3, 0.4) is 0 Å². The Balaban J connectivity index is 1.35. The minimum absolute atomic E-state index is 0.295. The predicted octanol–water partition coefficient (Wildman–Crippen LogP) is 4.88. The first kappa shape index (κ1) is 18.7. The summed E-state index contributed by atoms with van der Waals surface area (Å²) in [6.45, 7) is 1.07. The fraction of sp³-hybridized carbons (Fsp3) is 0.0952. The van der Waals surface area contributed by atoms with Crippen LogP contribution in [0, 0.1) is 0 Å². The van der Waals surface area contributed by atoms with Crippen LogP contribution in [0.4, 0.5) is 5.13 Å². The number of H-pyrrole nitrogens is 1. The Morgan fingerprint density at radius 2 is 1.83 bits per heavy atom. The third kappa shape index (κ3) is 3.62. The fourth-order valence-corrected chi connectivity index (χ4v) is 3.97. The molecule has 3 heterocycles. The van der Waals surface area contributed by atoms with E-state index in [1.165, 1.54) is 17.5 Å². The third-order valence-corrected chi connectivity index (χ3v) is 5.59. The van der Waals surface area contributed by atoms with E-state index >= 15 is 0 Å². The summed E-state index contributed by atoms with van der Waals surface area (Å²) in [5.41, 5.74) is 3.50. The number of hydrogen-bond acceptors (Lipinski definition) is 6. The molecule has 4 aromatic rings. The van der Waals surface area contributed by atoms with E-state index in [-0.39, 0.29) is 5.91 Å². The summed E-state index contributed by atoms with van der Waals surface area (Å²) in [5, 5.41) is 12.7. The average molecular weight is 439 g/mol. The van der Waals surface area contributed by atoms with Gasteiger partial charge in [0.15, 0.2) is 16.6 Å². The van der Waals surface area contributed by atoms with Crippen molar-refractivity contribution in [2.75, 3.05) is 18.5 Å². The molecule has 1 aliphatic heterocycles. The van der Waals surface area contributed by atoms with Gasteiger partial charge in [-0.1, -0.05) is 23.7 Å². The highest BCUT2D eigenvalue weighted by Gasteiger charge is 2.18. The minimum Gasteiger partial charge on any atom is -0.486 e. The number of anilines is 1. The number of amides is 1. The van der Waals surface area contributed by atoms with Gasteiger partial charge in [0.05, 0.1) is 23.1 Å². The normalized spacial score (nSPS) is 12.6. The van der Waals surface area contributed by atoms with E-state index in [2.05, 4.69) is 20.5 Å². The van der Waals surface area contributed by atoms with E-state index in [1.807, 2.05) is 35.7 Å². The number of nitrogens with zero attached hydrogens (tertiary/aromatic N) is 2. The molecule has 150 valence electrons. The number of benzene rings is 2. The zero-order chi connectivity index (χ0) is 20.5. The molecular formula is C21H15ClN4O3S. The van der Waals surface area contributed by atoms with Crippen LogP contribution in [-0.2, 0) is 0 Å². The molecule has 1 amide bonds. The second kappa shape index (κ2) is 7.81. The van der Waals surface area contributed by atoms with Crippen LogP contribution >= 0.6 is 22.9 Å². The molecule has 9 heteroatoms. The Bertz CT molecular complexity index is 1220. The van der Waals surface area contributed by atoms with Crippen molar-refractivity contribution >= 4 is 34.0 Å². The van der Waals surface area contributed by atoms with Gasteiger partial charge < -0.3 is 9.47 Å². The quantitative estimate of drug-likeness (QED) is 0.474. The Morgan fingerprint density at radius 3 is 2.67 bits per heavy atom. The van der Waals surface area contributed by atoms with Gasteiger partial charge in [-0.05, 0) is 30.3 Å². The number of fused-ring (bicyclic) bond motifs is 1. The zero-order valence-electron chi connectivity index (χ0n) is 15.5. The van der Waals surface area contributed by atoms with Crippen molar-refractivity contribution in [2.45, 2.75) is 0 Å². The van der Waals surface area contributed by atoms with Crippen LogP contribution in [0.2, 0.25) is 5.02 Å². The molecule has 0 bridgehead atoms. The van der Waals surface area contributed by atoms with E-state index in [0.717, 1.165) is 22.6 Å². The second-order valence-electron chi connectivity index (χ2n) is 6.52.